The summed E-state index contributed by atoms with van der Waals surface area (Å²) >= 11 is 0. The zero-order chi connectivity index (χ0) is 18.8. The molecule has 0 bridgehead atoms. The molecule has 1 fully saturated rings. The van der Waals surface area contributed by atoms with Gasteiger partial charge in [0.05, 0.1) is 17.6 Å². The van der Waals surface area contributed by atoms with E-state index in [9.17, 15) is 9.18 Å². The maximum Gasteiger partial charge on any atom is 0.222 e. The number of benzene rings is 2. The lowest BCUT2D eigenvalue weighted by molar-refractivity contribution is -0.131. The standard InChI is InChI=1S/C21H23FN4O/c1-2-20(27)24-11-13-25(14-12-24)21-23-18-5-3-4-6-19(18)26(21)15-16-7-9-17(22)10-8-16/h3-10H,2,11-15H2,1H3. The fourth-order valence-corrected chi connectivity index (χ4v) is 3.61. The van der Waals surface area contributed by atoms with Crippen LogP contribution in [-0.2, 0) is 11.3 Å². The third kappa shape index (κ3) is 3.52. The molecule has 0 spiro atoms. The highest BCUT2D eigenvalue weighted by Gasteiger charge is 2.24. The molecular formula is C21H23FN4O. The molecule has 0 aliphatic carbocycles. The first-order valence-corrected chi connectivity index (χ1v) is 9.38. The van der Waals surface area contributed by atoms with Crippen molar-refractivity contribution in [3.8, 4) is 0 Å². The highest BCUT2D eigenvalue weighted by Crippen LogP contribution is 2.25. The van der Waals surface area contributed by atoms with Gasteiger partial charge in [0.1, 0.15) is 5.82 Å². The van der Waals surface area contributed by atoms with E-state index in [1.54, 1.807) is 0 Å². The molecule has 0 atom stereocenters. The molecule has 3 aromatic rings. The quantitative estimate of drug-likeness (QED) is 0.712. The minimum atomic E-state index is -0.230. The molecule has 5 nitrogen and oxygen atoms in total. The van der Waals surface area contributed by atoms with Crippen LogP contribution in [0, 0.1) is 5.82 Å². The van der Waals surface area contributed by atoms with E-state index in [2.05, 4.69) is 15.5 Å². The van der Waals surface area contributed by atoms with Crippen LogP contribution in [0.5, 0.6) is 0 Å². The van der Waals surface area contributed by atoms with Crippen molar-refractivity contribution in [1.29, 1.82) is 0 Å². The highest BCUT2D eigenvalue weighted by molar-refractivity contribution is 5.79. The molecule has 0 unspecified atom stereocenters. The fraction of sp³-hybridized carbons (Fsp3) is 0.333. The van der Waals surface area contributed by atoms with Gasteiger partial charge in [-0.2, -0.15) is 0 Å². The number of rotatable bonds is 4. The van der Waals surface area contributed by atoms with E-state index < -0.39 is 0 Å². The lowest BCUT2D eigenvalue weighted by Crippen LogP contribution is -2.49. The Balaban J connectivity index is 1.64. The van der Waals surface area contributed by atoms with Crippen molar-refractivity contribution in [2.45, 2.75) is 19.9 Å². The van der Waals surface area contributed by atoms with Crippen molar-refractivity contribution in [2.75, 3.05) is 31.1 Å². The second-order valence-corrected chi connectivity index (χ2v) is 6.83. The van der Waals surface area contributed by atoms with Crippen LogP contribution in [0.3, 0.4) is 0 Å². The Morgan fingerprint density at radius 2 is 1.74 bits per heavy atom. The summed E-state index contributed by atoms with van der Waals surface area (Å²) in [5.74, 6) is 0.879. The maximum atomic E-state index is 13.3. The number of amides is 1. The number of aromatic nitrogens is 2. The van der Waals surface area contributed by atoms with Crippen molar-refractivity contribution in [3.05, 3.63) is 59.9 Å². The summed E-state index contributed by atoms with van der Waals surface area (Å²) in [6.07, 6.45) is 0.545. The molecule has 1 amide bonds. The lowest BCUT2D eigenvalue weighted by atomic mass is 10.2. The van der Waals surface area contributed by atoms with Crippen LogP contribution < -0.4 is 4.90 Å². The predicted octanol–water partition coefficient (Wildman–Crippen LogP) is 3.28. The summed E-state index contributed by atoms with van der Waals surface area (Å²) < 4.78 is 15.4. The van der Waals surface area contributed by atoms with Crippen LogP contribution in [0.1, 0.15) is 18.9 Å². The van der Waals surface area contributed by atoms with E-state index in [1.165, 1.54) is 12.1 Å². The molecule has 1 aliphatic rings. The van der Waals surface area contributed by atoms with Gasteiger partial charge < -0.3 is 14.4 Å². The van der Waals surface area contributed by atoms with Gasteiger partial charge in [-0.1, -0.05) is 31.2 Å². The fourth-order valence-electron chi connectivity index (χ4n) is 3.61. The van der Waals surface area contributed by atoms with Gasteiger partial charge in [-0.15, -0.1) is 0 Å². The number of anilines is 1. The van der Waals surface area contributed by atoms with Crippen LogP contribution in [0.2, 0.25) is 0 Å². The lowest BCUT2D eigenvalue weighted by Gasteiger charge is -2.35. The highest BCUT2D eigenvalue weighted by atomic mass is 19.1. The van der Waals surface area contributed by atoms with Gasteiger partial charge in [0.15, 0.2) is 0 Å². The predicted molar refractivity (Wildman–Crippen MR) is 104 cm³/mol. The van der Waals surface area contributed by atoms with Crippen molar-refractivity contribution in [3.63, 3.8) is 0 Å². The number of nitrogens with zero attached hydrogens (tertiary/aromatic N) is 4. The van der Waals surface area contributed by atoms with Gasteiger partial charge in [-0.05, 0) is 29.8 Å². The molecule has 2 aromatic carbocycles. The second-order valence-electron chi connectivity index (χ2n) is 6.83. The topological polar surface area (TPSA) is 41.4 Å². The summed E-state index contributed by atoms with van der Waals surface area (Å²) in [4.78, 5) is 21.0. The summed E-state index contributed by atoms with van der Waals surface area (Å²) in [5.41, 5.74) is 3.03. The number of carbonyl (C=O) groups excluding carboxylic acids is 1. The molecule has 0 N–H and O–H groups in total. The Labute approximate surface area is 158 Å². The zero-order valence-corrected chi connectivity index (χ0v) is 15.4. The van der Waals surface area contributed by atoms with E-state index in [-0.39, 0.29) is 11.7 Å². The first-order valence-electron chi connectivity index (χ1n) is 9.38. The average Bonchev–Trinajstić information content (AvgIpc) is 3.08. The minimum Gasteiger partial charge on any atom is -0.339 e. The summed E-state index contributed by atoms with van der Waals surface area (Å²) in [7, 11) is 0. The normalized spacial score (nSPS) is 14.7. The van der Waals surface area contributed by atoms with Gasteiger partial charge in [0.2, 0.25) is 11.9 Å². The Bertz CT molecular complexity index is 942. The molecule has 6 heteroatoms. The molecule has 2 heterocycles. The van der Waals surface area contributed by atoms with Crippen molar-refractivity contribution in [2.24, 2.45) is 0 Å². The molecule has 1 aliphatic heterocycles. The van der Waals surface area contributed by atoms with E-state index >= 15 is 0 Å². The number of piperazine rings is 1. The molecule has 1 aromatic heterocycles. The van der Waals surface area contributed by atoms with E-state index in [0.29, 0.717) is 26.1 Å². The first-order chi connectivity index (χ1) is 13.2. The van der Waals surface area contributed by atoms with Crippen LogP contribution in [-0.4, -0.2) is 46.5 Å². The number of halogens is 1. The Morgan fingerprint density at radius 1 is 1.04 bits per heavy atom. The SMILES string of the molecule is CCC(=O)N1CCN(c2nc3ccccc3n2Cc2ccc(F)cc2)CC1. The number of carbonyl (C=O) groups is 1. The van der Waals surface area contributed by atoms with Gasteiger partial charge in [0.25, 0.3) is 0 Å². The summed E-state index contributed by atoms with van der Waals surface area (Å²) in [6, 6.07) is 14.7. The van der Waals surface area contributed by atoms with Crippen LogP contribution >= 0.6 is 0 Å². The molecule has 4 rings (SSSR count). The molecular weight excluding hydrogens is 343 g/mol. The van der Waals surface area contributed by atoms with Crippen LogP contribution in [0.25, 0.3) is 11.0 Å². The summed E-state index contributed by atoms with van der Waals surface area (Å²) in [5, 5.41) is 0. The average molecular weight is 366 g/mol. The Hall–Kier alpha value is -2.89. The van der Waals surface area contributed by atoms with E-state index in [1.807, 2.05) is 42.2 Å². The van der Waals surface area contributed by atoms with E-state index in [0.717, 1.165) is 35.6 Å². The zero-order valence-electron chi connectivity index (χ0n) is 15.4. The maximum absolute atomic E-state index is 13.3. The summed E-state index contributed by atoms with van der Waals surface area (Å²) in [6.45, 7) is 5.48. The largest absolute Gasteiger partial charge is 0.339 e. The Kier molecular flexibility index (Phi) is 4.79. The number of hydrogen-bond donors (Lipinski definition) is 0. The Morgan fingerprint density at radius 3 is 2.44 bits per heavy atom. The third-order valence-corrected chi connectivity index (χ3v) is 5.11. The molecule has 0 radical (unpaired) electrons. The second kappa shape index (κ2) is 7.39. The van der Waals surface area contributed by atoms with Gasteiger partial charge in [-0.25, -0.2) is 9.37 Å². The van der Waals surface area contributed by atoms with Gasteiger partial charge in [0, 0.05) is 32.6 Å². The van der Waals surface area contributed by atoms with Crippen LogP contribution in [0.15, 0.2) is 48.5 Å². The number of imidazole rings is 1. The van der Waals surface area contributed by atoms with E-state index in [4.69, 9.17) is 4.98 Å². The third-order valence-electron chi connectivity index (χ3n) is 5.11. The number of hydrogen-bond acceptors (Lipinski definition) is 3. The van der Waals surface area contributed by atoms with Gasteiger partial charge in [-0.3, -0.25) is 4.79 Å². The minimum absolute atomic E-state index is 0.203. The monoisotopic (exact) mass is 366 g/mol. The molecule has 1 saturated heterocycles. The smallest absolute Gasteiger partial charge is 0.222 e. The first kappa shape index (κ1) is 17.5. The molecule has 140 valence electrons. The molecule has 27 heavy (non-hydrogen) atoms. The van der Waals surface area contributed by atoms with Gasteiger partial charge >= 0.3 is 0 Å². The van der Waals surface area contributed by atoms with Crippen molar-refractivity contribution < 1.29 is 9.18 Å². The number of para-hydroxylation sites is 2. The van der Waals surface area contributed by atoms with Crippen molar-refractivity contribution in [1.82, 2.24) is 14.5 Å². The molecule has 0 saturated carbocycles. The van der Waals surface area contributed by atoms with Crippen molar-refractivity contribution >= 4 is 22.9 Å². The number of fused-ring (bicyclic) bond motifs is 1. The van der Waals surface area contributed by atoms with Crippen LogP contribution in [0.4, 0.5) is 10.3 Å².